The lowest BCUT2D eigenvalue weighted by atomic mass is 9.87. The summed E-state index contributed by atoms with van der Waals surface area (Å²) in [6, 6.07) is 12.0. The predicted molar refractivity (Wildman–Crippen MR) is 134 cm³/mol. The smallest absolute Gasteiger partial charge is 0.407 e. The molecule has 0 aliphatic heterocycles. The number of nitrogens with one attached hydrogen (secondary N) is 1. The van der Waals surface area contributed by atoms with Gasteiger partial charge in [0.2, 0.25) is 0 Å². The van der Waals surface area contributed by atoms with E-state index in [1.807, 2.05) is 55.1 Å². The Morgan fingerprint density at radius 3 is 2.91 bits per heavy atom. The minimum atomic E-state index is -0.422. The molecule has 0 saturated heterocycles. The summed E-state index contributed by atoms with van der Waals surface area (Å²) in [4.78, 5) is 31.3. The number of hydrogen-bond donors (Lipinski definition) is 1. The molecule has 3 aromatic rings. The molecule has 3 heterocycles. The summed E-state index contributed by atoms with van der Waals surface area (Å²) in [6.45, 7) is 2.77. The number of ketones is 1. The molecule has 7 nitrogen and oxygen atoms in total. The van der Waals surface area contributed by atoms with Crippen molar-refractivity contribution in [3.8, 4) is 6.07 Å². The van der Waals surface area contributed by atoms with Crippen LogP contribution in [0.3, 0.4) is 0 Å². The molecule has 0 aromatic carbocycles. The Balaban J connectivity index is 1.31. The molecule has 4 rings (SSSR count). The number of aryl methyl sites for hydroxylation is 1. The Hall–Kier alpha value is -3.44. The molecule has 1 N–H and O–H groups in total. The molecular weight excluding hydrogens is 460 g/mol. The van der Waals surface area contributed by atoms with Crippen molar-refractivity contribution in [2.75, 3.05) is 6.61 Å². The van der Waals surface area contributed by atoms with Crippen LogP contribution in [0.4, 0.5) is 4.79 Å². The zero-order valence-corrected chi connectivity index (χ0v) is 20.9. The molecule has 2 unspecified atom stereocenters. The van der Waals surface area contributed by atoms with Gasteiger partial charge in [-0.1, -0.05) is 13.0 Å². The van der Waals surface area contributed by atoms with Crippen LogP contribution in [0.15, 0.2) is 42.7 Å². The summed E-state index contributed by atoms with van der Waals surface area (Å²) in [7, 11) is 1.93. The van der Waals surface area contributed by atoms with Crippen LogP contribution >= 0.6 is 11.3 Å². The van der Waals surface area contributed by atoms with Crippen molar-refractivity contribution in [1.82, 2.24) is 14.9 Å². The van der Waals surface area contributed by atoms with E-state index in [4.69, 9.17) is 4.74 Å². The molecule has 0 bridgehead atoms. The molecular formula is C27H30N4O3S. The van der Waals surface area contributed by atoms with Gasteiger partial charge in [0.15, 0.2) is 0 Å². The Bertz CT molecular complexity index is 1230. The second-order valence-electron chi connectivity index (χ2n) is 9.16. The zero-order chi connectivity index (χ0) is 24.8. The van der Waals surface area contributed by atoms with E-state index in [-0.39, 0.29) is 24.0 Å². The van der Waals surface area contributed by atoms with Gasteiger partial charge < -0.3 is 14.6 Å². The van der Waals surface area contributed by atoms with Crippen LogP contribution in [0.5, 0.6) is 0 Å². The van der Waals surface area contributed by atoms with E-state index in [0.717, 1.165) is 46.0 Å². The van der Waals surface area contributed by atoms with Gasteiger partial charge in [-0.15, -0.1) is 11.3 Å². The molecule has 8 heteroatoms. The van der Waals surface area contributed by atoms with Gasteiger partial charge in [-0.3, -0.25) is 9.78 Å². The zero-order valence-electron chi connectivity index (χ0n) is 20.1. The third-order valence-corrected chi connectivity index (χ3v) is 7.81. The molecule has 2 atom stereocenters. The van der Waals surface area contributed by atoms with Gasteiger partial charge in [0.25, 0.3) is 0 Å². The largest absolute Gasteiger partial charge is 0.449 e. The fraction of sp³-hybridized carbons (Fsp3) is 0.407. The van der Waals surface area contributed by atoms with Gasteiger partial charge in [-0.25, -0.2) is 4.79 Å². The minimum Gasteiger partial charge on any atom is -0.449 e. The first-order valence-electron chi connectivity index (χ1n) is 11.9. The summed E-state index contributed by atoms with van der Waals surface area (Å²) in [5.41, 5.74) is 3.65. The van der Waals surface area contributed by atoms with Crippen LogP contribution in [-0.2, 0) is 42.4 Å². The summed E-state index contributed by atoms with van der Waals surface area (Å²) >= 11 is 1.57. The number of alkyl carbamates (subject to hydrolysis) is 1. The van der Waals surface area contributed by atoms with E-state index in [2.05, 4.69) is 16.4 Å². The standard InChI is InChI=1S/C27H30N4O3S/c1-18(24-7-3-4-10-29-24)12-21(32)14-26-23(15-28)22-9-8-19(13-25(22)35-26)17-34-27(33)30-16-20-6-5-11-31(20)2/h3-7,10-11,18-19H,8-9,12-14,16-17H2,1-2H3,(H,30,33). The second kappa shape index (κ2) is 11.3. The lowest BCUT2D eigenvalue weighted by molar-refractivity contribution is -0.118. The molecule has 1 amide bonds. The number of amides is 1. The number of hydrogen-bond acceptors (Lipinski definition) is 6. The van der Waals surface area contributed by atoms with Crippen molar-refractivity contribution in [2.24, 2.45) is 13.0 Å². The number of thiophene rings is 1. The molecule has 0 fully saturated rings. The first-order valence-corrected chi connectivity index (χ1v) is 12.7. The first kappa shape index (κ1) is 24.7. The van der Waals surface area contributed by atoms with Crippen molar-refractivity contribution in [3.05, 3.63) is 75.0 Å². The number of pyridine rings is 1. The summed E-state index contributed by atoms with van der Waals surface area (Å²) in [5.74, 6) is 0.368. The Morgan fingerprint density at radius 1 is 1.34 bits per heavy atom. The lowest BCUT2D eigenvalue weighted by Crippen LogP contribution is -2.28. The van der Waals surface area contributed by atoms with E-state index in [1.54, 1.807) is 17.5 Å². The van der Waals surface area contributed by atoms with E-state index in [1.165, 1.54) is 0 Å². The molecule has 0 spiro atoms. The molecule has 0 radical (unpaired) electrons. The number of ether oxygens (including phenoxy) is 1. The van der Waals surface area contributed by atoms with Crippen LogP contribution in [0.2, 0.25) is 0 Å². The Labute approximate surface area is 209 Å². The normalized spacial score (nSPS) is 15.6. The van der Waals surface area contributed by atoms with E-state index >= 15 is 0 Å². The highest BCUT2D eigenvalue weighted by Gasteiger charge is 2.27. The maximum atomic E-state index is 12.8. The van der Waals surface area contributed by atoms with Gasteiger partial charge in [-0.2, -0.15) is 5.26 Å². The number of carbonyl (C=O) groups is 2. The van der Waals surface area contributed by atoms with Crippen LogP contribution in [0, 0.1) is 17.2 Å². The van der Waals surface area contributed by atoms with Crippen molar-refractivity contribution in [2.45, 2.75) is 51.5 Å². The van der Waals surface area contributed by atoms with Crippen molar-refractivity contribution < 1.29 is 14.3 Å². The Morgan fingerprint density at radius 2 is 2.20 bits per heavy atom. The van der Waals surface area contributed by atoms with Crippen LogP contribution in [0.1, 0.15) is 58.0 Å². The fourth-order valence-electron chi connectivity index (χ4n) is 4.56. The first-order chi connectivity index (χ1) is 16.9. The number of nitriles is 1. The number of fused-ring (bicyclic) bond motifs is 1. The number of carbonyl (C=O) groups excluding carboxylic acids is 2. The quantitative estimate of drug-likeness (QED) is 0.469. The van der Waals surface area contributed by atoms with Crippen molar-refractivity contribution in [1.29, 1.82) is 5.26 Å². The van der Waals surface area contributed by atoms with E-state index in [9.17, 15) is 14.9 Å². The molecule has 0 saturated carbocycles. The number of Topliss-reactive ketones (excluding diaryl/α,β-unsaturated/α-hetero) is 1. The highest BCUT2D eigenvalue weighted by atomic mass is 32.1. The molecule has 182 valence electrons. The monoisotopic (exact) mass is 490 g/mol. The molecule has 1 aliphatic carbocycles. The third kappa shape index (κ3) is 6.17. The highest BCUT2D eigenvalue weighted by Crippen LogP contribution is 2.37. The van der Waals surface area contributed by atoms with Gasteiger partial charge in [-0.05, 0) is 55.0 Å². The van der Waals surface area contributed by atoms with Gasteiger partial charge >= 0.3 is 6.09 Å². The SMILES string of the molecule is CC(CC(=O)Cc1sc2c(c1C#N)CCC(COC(=O)NCc1cccn1C)C2)c1ccccn1. The molecule has 1 aliphatic rings. The Kier molecular flexibility index (Phi) is 7.98. The number of nitrogens with zero attached hydrogens (tertiary/aromatic N) is 3. The predicted octanol–water partition coefficient (Wildman–Crippen LogP) is 4.69. The fourth-order valence-corrected chi connectivity index (χ4v) is 6.01. The number of aromatic nitrogens is 2. The van der Waals surface area contributed by atoms with E-state index in [0.29, 0.717) is 25.1 Å². The van der Waals surface area contributed by atoms with Crippen molar-refractivity contribution in [3.63, 3.8) is 0 Å². The minimum absolute atomic E-state index is 0.0399. The maximum absolute atomic E-state index is 12.8. The summed E-state index contributed by atoms with van der Waals surface area (Å²) < 4.78 is 7.42. The average molecular weight is 491 g/mol. The van der Waals surface area contributed by atoms with Crippen LogP contribution < -0.4 is 5.32 Å². The molecule has 3 aromatic heterocycles. The molecule has 35 heavy (non-hydrogen) atoms. The summed E-state index contributed by atoms with van der Waals surface area (Å²) in [6.07, 6.45) is 6.32. The number of rotatable bonds is 9. The second-order valence-corrected chi connectivity index (χ2v) is 10.3. The third-order valence-electron chi connectivity index (χ3n) is 6.55. The van der Waals surface area contributed by atoms with Crippen molar-refractivity contribution >= 4 is 23.2 Å². The van der Waals surface area contributed by atoms with Crippen LogP contribution in [-0.4, -0.2) is 28.0 Å². The maximum Gasteiger partial charge on any atom is 0.407 e. The van der Waals surface area contributed by atoms with Gasteiger partial charge in [0.1, 0.15) is 11.9 Å². The van der Waals surface area contributed by atoms with Gasteiger partial charge in [0, 0.05) is 59.3 Å². The highest BCUT2D eigenvalue weighted by molar-refractivity contribution is 7.12. The van der Waals surface area contributed by atoms with Gasteiger partial charge in [0.05, 0.1) is 18.7 Å². The summed E-state index contributed by atoms with van der Waals surface area (Å²) in [5, 5.41) is 12.6. The van der Waals surface area contributed by atoms with E-state index < -0.39 is 6.09 Å². The average Bonchev–Trinajstić information content (AvgIpc) is 3.43. The van der Waals surface area contributed by atoms with Crippen LogP contribution in [0.25, 0.3) is 0 Å². The lowest BCUT2D eigenvalue weighted by Gasteiger charge is -2.22. The topological polar surface area (TPSA) is 97.0 Å².